The Bertz CT molecular complexity index is 309. The molecule has 1 aromatic heterocycles. The van der Waals surface area contributed by atoms with Gasteiger partial charge in [-0.3, -0.25) is 4.90 Å². The van der Waals surface area contributed by atoms with E-state index in [1.165, 1.54) is 6.42 Å². The molecule has 15 heavy (non-hydrogen) atoms. The molecule has 0 unspecified atom stereocenters. The van der Waals surface area contributed by atoms with Crippen LogP contribution in [0, 0.1) is 5.92 Å². The first-order valence-corrected chi connectivity index (χ1v) is 5.62. The molecular weight excluding hydrogens is 190 g/mol. The van der Waals surface area contributed by atoms with Crippen LogP contribution in [0.25, 0.3) is 0 Å². The third-order valence-corrected chi connectivity index (χ3v) is 3.06. The van der Waals surface area contributed by atoms with Crippen LogP contribution in [0.15, 0.2) is 6.33 Å². The molecule has 1 aromatic rings. The topological polar surface area (TPSA) is 60.0 Å². The van der Waals surface area contributed by atoms with Crippen LogP contribution >= 0.6 is 0 Å². The summed E-state index contributed by atoms with van der Waals surface area (Å²) in [5.74, 6) is 1.73. The summed E-state index contributed by atoms with van der Waals surface area (Å²) in [5.41, 5.74) is 5.67. The summed E-state index contributed by atoms with van der Waals surface area (Å²) >= 11 is 0. The smallest absolute Gasteiger partial charge is 0.140 e. The van der Waals surface area contributed by atoms with Crippen LogP contribution < -0.4 is 5.73 Å². The van der Waals surface area contributed by atoms with Gasteiger partial charge < -0.3 is 5.73 Å². The largest absolute Gasteiger partial charge is 0.330 e. The maximum atomic E-state index is 5.67. The van der Waals surface area contributed by atoms with E-state index in [-0.39, 0.29) is 0 Å². The minimum Gasteiger partial charge on any atom is -0.330 e. The van der Waals surface area contributed by atoms with Crippen molar-refractivity contribution in [3.63, 3.8) is 0 Å². The lowest BCUT2D eigenvalue weighted by Crippen LogP contribution is -2.24. The number of hydrogen-bond donors (Lipinski definition) is 1. The Hall–Kier alpha value is -0.940. The van der Waals surface area contributed by atoms with Crippen LogP contribution in [0.4, 0.5) is 0 Å². The lowest BCUT2D eigenvalue weighted by atomic mass is 10.1. The van der Waals surface area contributed by atoms with Crippen molar-refractivity contribution < 1.29 is 0 Å². The SMILES string of the molecule is CCn1ncnc1CN1CC[C@@H](CN)C1. The normalized spacial score (nSPS) is 22.4. The molecule has 5 heteroatoms. The number of aryl methyl sites for hydroxylation is 1. The zero-order valence-corrected chi connectivity index (χ0v) is 9.26. The Kier molecular flexibility index (Phi) is 3.33. The monoisotopic (exact) mass is 209 g/mol. The van der Waals surface area contributed by atoms with E-state index in [1.54, 1.807) is 6.33 Å². The third-order valence-electron chi connectivity index (χ3n) is 3.06. The molecule has 1 aliphatic rings. The zero-order valence-electron chi connectivity index (χ0n) is 9.26. The van der Waals surface area contributed by atoms with E-state index in [1.807, 2.05) is 4.68 Å². The minimum atomic E-state index is 0.669. The Balaban J connectivity index is 1.92. The number of rotatable bonds is 4. The average Bonchev–Trinajstić information content (AvgIpc) is 2.87. The van der Waals surface area contributed by atoms with Gasteiger partial charge in [0, 0.05) is 13.1 Å². The summed E-state index contributed by atoms with van der Waals surface area (Å²) in [5, 5.41) is 4.17. The third kappa shape index (κ3) is 2.35. The van der Waals surface area contributed by atoms with Gasteiger partial charge >= 0.3 is 0 Å². The standard InChI is InChI=1S/C10H19N5/c1-2-15-10(12-8-13-15)7-14-4-3-9(5-11)6-14/h8-9H,2-7,11H2,1H3/t9-/m0/s1. The lowest BCUT2D eigenvalue weighted by Gasteiger charge is -2.15. The molecule has 0 radical (unpaired) electrons. The van der Waals surface area contributed by atoms with E-state index in [2.05, 4.69) is 21.9 Å². The van der Waals surface area contributed by atoms with Gasteiger partial charge in [0.1, 0.15) is 12.2 Å². The summed E-state index contributed by atoms with van der Waals surface area (Å²) in [6.07, 6.45) is 2.85. The van der Waals surface area contributed by atoms with Crippen molar-refractivity contribution >= 4 is 0 Å². The number of nitrogens with zero attached hydrogens (tertiary/aromatic N) is 4. The highest BCUT2D eigenvalue weighted by Crippen LogP contribution is 2.16. The maximum Gasteiger partial charge on any atom is 0.140 e. The second-order valence-corrected chi connectivity index (χ2v) is 4.12. The average molecular weight is 209 g/mol. The molecule has 0 amide bonds. The van der Waals surface area contributed by atoms with Gasteiger partial charge in [-0.05, 0) is 32.4 Å². The summed E-state index contributed by atoms with van der Waals surface area (Å²) < 4.78 is 1.95. The zero-order chi connectivity index (χ0) is 10.7. The van der Waals surface area contributed by atoms with Crippen molar-refractivity contribution in [2.75, 3.05) is 19.6 Å². The van der Waals surface area contributed by atoms with Crippen LogP contribution in [0.5, 0.6) is 0 Å². The summed E-state index contributed by atoms with van der Waals surface area (Å²) in [7, 11) is 0. The van der Waals surface area contributed by atoms with Crippen LogP contribution in [0.2, 0.25) is 0 Å². The molecule has 2 N–H and O–H groups in total. The van der Waals surface area contributed by atoms with Crippen LogP contribution in [-0.2, 0) is 13.1 Å². The number of hydrogen-bond acceptors (Lipinski definition) is 4. The molecule has 84 valence electrons. The fourth-order valence-corrected chi connectivity index (χ4v) is 2.12. The van der Waals surface area contributed by atoms with Gasteiger partial charge in [-0.2, -0.15) is 5.10 Å². The van der Waals surface area contributed by atoms with E-state index in [4.69, 9.17) is 5.73 Å². The summed E-state index contributed by atoms with van der Waals surface area (Å²) in [6, 6.07) is 0. The Morgan fingerprint density at radius 2 is 2.47 bits per heavy atom. The second kappa shape index (κ2) is 4.72. The molecular formula is C10H19N5. The predicted molar refractivity (Wildman–Crippen MR) is 58.1 cm³/mol. The van der Waals surface area contributed by atoms with E-state index >= 15 is 0 Å². The Morgan fingerprint density at radius 1 is 1.60 bits per heavy atom. The van der Waals surface area contributed by atoms with Gasteiger partial charge in [-0.1, -0.05) is 0 Å². The van der Waals surface area contributed by atoms with Gasteiger partial charge in [0.2, 0.25) is 0 Å². The Morgan fingerprint density at radius 3 is 3.13 bits per heavy atom. The highest BCUT2D eigenvalue weighted by atomic mass is 15.3. The summed E-state index contributed by atoms with van der Waals surface area (Å²) in [6.45, 7) is 6.93. The van der Waals surface area contributed by atoms with Crippen molar-refractivity contribution in [1.29, 1.82) is 0 Å². The number of aromatic nitrogens is 3. The first-order valence-electron chi connectivity index (χ1n) is 5.62. The van der Waals surface area contributed by atoms with Crippen molar-refractivity contribution in [2.24, 2.45) is 11.7 Å². The van der Waals surface area contributed by atoms with Gasteiger partial charge in [0.25, 0.3) is 0 Å². The number of nitrogens with two attached hydrogens (primary N) is 1. The van der Waals surface area contributed by atoms with E-state index in [9.17, 15) is 0 Å². The van der Waals surface area contributed by atoms with Gasteiger partial charge in [0.15, 0.2) is 0 Å². The van der Waals surface area contributed by atoms with Crippen molar-refractivity contribution in [3.05, 3.63) is 12.2 Å². The molecule has 1 atom stereocenters. The van der Waals surface area contributed by atoms with E-state index < -0.39 is 0 Å². The molecule has 0 saturated carbocycles. The molecule has 2 heterocycles. The van der Waals surface area contributed by atoms with Crippen molar-refractivity contribution in [3.8, 4) is 0 Å². The highest BCUT2D eigenvalue weighted by Gasteiger charge is 2.22. The second-order valence-electron chi connectivity index (χ2n) is 4.12. The van der Waals surface area contributed by atoms with Gasteiger partial charge in [-0.25, -0.2) is 9.67 Å². The molecule has 1 saturated heterocycles. The first kappa shape index (κ1) is 10.6. The molecule has 5 nitrogen and oxygen atoms in total. The highest BCUT2D eigenvalue weighted by molar-refractivity contribution is 4.87. The van der Waals surface area contributed by atoms with E-state index in [0.29, 0.717) is 5.92 Å². The Labute approximate surface area is 90.3 Å². The fourth-order valence-electron chi connectivity index (χ4n) is 2.12. The van der Waals surface area contributed by atoms with Gasteiger partial charge in [-0.15, -0.1) is 0 Å². The molecule has 0 aliphatic carbocycles. The molecule has 1 fully saturated rings. The van der Waals surface area contributed by atoms with Crippen molar-refractivity contribution in [2.45, 2.75) is 26.4 Å². The molecule has 0 spiro atoms. The molecule has 2 rings (SSSR count). The summed E-state index contributed by atoms with van der Waals surface area (Å²) in [4.78, 5) is 6.69. The minimum absolute atomic E-state index is 0.669. The first-order chi connectivity index (χ1) is 7.33. The van der Waals surface area contributed by atoms with Crippen LogP contribution in [0.1, 0.15) is 19.2 Å². The number of likely N-dealkylation sites (tertiary alicyclic amines) is 1. The quantitative estimate of drug-likeness (QED) is 0.763. The molecule has 1 aliphatic heterocycles. The van der Waals surface area contributed by atoms with Gasteiger partial charge in [0.05, 0.1) is 6.54 Å². The molecule has 0 bridgehead atoms. The van der Waals surface area contributed by atoms with Crippen LogP contribution in [-0.4, -0.2) is 39.3 Å². The van der Waals surface area contributed by atoms with E-state index in [0.717, 1.165) is 38.5 Å². The van der Waals surface area contributed by atoms with Crippen molar-refractivity contribution in [1.82, 2.24) is 19.7 Å². The van der Waals surface area contributed by atoms with Crippen LogP contribution in [0.3, 0.4) is 0 Å². The lowest BCUT2D eigenvalue weighted by molar-refractivity contribution is 0.302. The molecule has 0 aromatic carbocycles. The predicted octanol–water partition coefficient (Wildman–Crippen LogP) is 0.0786. The maximum absolute atomic E-state index is 5.67. The fraction of sp³-hybridized carbons (Fsp3) is 0.800.